The maximum absolute atomic E-state index is 12.7. The molecule has 1 aliphatic rings. The lowest BCUT2D eigenvalue weighted by Gasteiger charge is -2.34. The zero-order valence-corrected chi connectivity index (χ0v) is 17.7. The number of benzene rings is 2. The van der Waals surface area contributed by atoms with Crippen molar-refractivity contribution in [3.63, 3.8) is 0 Å². The monoisotopic (exact) mass is 414 g/mol. The molecule has 7 heteroatoms. The van der Waals surface area contributed by atoms with Gasteiger partial charge in [-0.1, -0.05) is 30.3 Å². The van der Waals surface area contributed by atoms with E-state index in [0.29, 0.717) is 0 Å². The first kappa shape index (κ1) is 19.5. The maximum atomic E-state index is 12.7. The van der Waals surface area contributed by atoms with Gasteiger partial charge in [-0.15, -0.1) is 0 Å². The molecule has 2 aromatic heterocycles. The van der Waals surface area contributed by atoms with Crippen molar-refractivity contribution in [2.24, 2.45) is 0 Å². The summed E-state index contributed by atoms with van der Waals surface area (Å²) in [6.45, 7) is 6.97. The van der Waals surface area contributed by atoms with Gasteiger partial charge in [-0.25, -0.2) is 14.8 Å². The number of anilines is 1. The zero-order valence-electron chi connectivity index (χ0n) is 17.7. The van der Waals surface area contributed by atoms with Crippen LogP contribution in [0.3, 0.4) is 0 Å². The molecule has 0 saturated carbocycles. The molecular weight excluding hydrogens is 388 g/mol. The third-order valence-corrected chi connectivity index (χ3v) is 5.99. The minimum Gasteiger partial charge on any atom is -0.322 e. The van der Waals surface area contributed by atoms with E-state index in [2.05, 4.69) is 36.9 Å². The van der Waals surface area contributed by atoms with Crippen LogP contribution in [0.25, 0.3) is 21.9 Å². The number of hydrogen-bond donors (Lipinski definition) is 1. The molecule has 3 heterocycles. The van der Waals surface area contributed by atoms with Gasteiger partial charge in [0.1, 0.15) is 11.3 Å². The molecule has 0 atom stereocenters. The molecule has 0 aliphatic carbocycles. The second-order valence-electron chi connectivity index (χ2n) is 7.98. The Labute approximate surface area is 181 Å². The molecule has 5 rings (SSSR count). The van der Waals surface area contributed by atoms with Gasteiger partial charge < -0.3 is 14.8 Å². The van der Waals surface area contributed by atoms with Crippen LogP contribution in [0.15, 0.2) is 60.8 Å². The molecule has 7 nitrogen and oxygen atoms in total. The summed E-state index contributed by atoms with van der Waals surface area (Å²) in [6.07, 6.45) is 1.81. The van der Waals surface area contributed by atoms with E-state index in [-0.39, 0.29) is 6.03 Å². The lowest BCUT2D eigenvalue weighted by Crippen LogP contribution is -2.50. The molecule has 0 bridgehead atoms. The van der Waals surface area contributed by atoms with E-state index < -0.39 is 0 Å². The Morgan fingerprint density at radius 1 is 0.968 bits per heavy atom. The third-order valence-electron chi connectivity index (χ3n) is 5.99. The topological polar surface area (TPSA) is 66.3 Å². The Hall–Kier alpha value is -3.45. The van der Waals surface area contributed by atoms with Crippen LogP contribution >= 0.6 is 0 Å². The van der Waals surface area contributed by atoms with Crippen molar-refractivity contribution >= 4 is 33.7 Å². The summed E-state index contributed by atoms with van der Waals surface area (Å²) in [6, 6.07) is 18.1. The van der Waals surface area contributed by atoms with Gasteiger partial charge in [0.25, 0.3) is 0 Å². The van der Waals surface area contributed by atoms with E-state index in [1.165, 1.54) is 5.39 Å². The first-order chi connectivity index (χ1) is 15.2. The van der Waals surface area contributed by atoms with Crippen molar-refractivity contribution in [2.45, 2.75) is 13.5 Å². The van der Waals surface area contributed by atoms with E-state index in [0.717, 1.165) is 67.3 Å². The van der Waals surface area contributed by atoms with Crippen LogP contribution in [0.5, 0.6) is 0 Å². The first-order valence-electron chi connectivity index (χ1n) is 10.7. The highest BCUT2D eigenvalue weighted by Gasteiger charge is 2.21. The Morgan fingerprint density at radius 3 is 2.61 bits per heavy atom. The van der Waals surface area contributed by atoms with Crippen LogP contribution in [0.4, 0.5) is 10.5 Å². The van der Waals surface area contributed by atoms with Crippen LogP contribution in [0.2, 0.25) is 0 Å². The van der Waals surface area contributed by atoms with Gasteiger partial charge in [0.2, 0.25) is 0 Å². The lowest BCUT2D eigenvalue weighted by atomic mass is 10.1. The van der Waals surface area contributed by atoms with Crippen LogP contribution in [0, 0.1) is 6.92 Å². The average Bonchev–Trinajstić information content (AvgIpc) is 3.13. The maximum Gasteiger partial charge on any atom is 0.321 e. The summed E-state index contributed by atoms with van der Waals surface area (Å²) in [7, 11) is 0. The van der Waals surface area contributed by atoms with Crippen LogP contribution < -0.4 is 5.32 Å². The van der Waals surface area contributed by atoms with Gasteiger partial charge in [-0.3, -0.25) is 4.90 Å². The molecule has 2 aromatic carbocycles. The number of aryl methyl sites for hydroxylation is 1. The molecule has 1 N–H and O–H groups in total. The molecule has 2 amide bonds. The number of hydrogen-bond acceptors (Lipinski definition) is 4. The Morgan fingerprint density at radius 2 is 1.77 bits per heavy atom. The number of nitrogens with zero attached hydrogens (tertiary/aromatic N) is 5. The average molecular weight is 415 g/mol. The molecule has 0 spiro atoms. The van der Waals surface area contributed by atoms with E-state index in [1.54, 1.807) is 0 Å². The normalized spacial score (nSPS) is 14.9. The summed E-state index contributed by atoms with van der Waals surface area (Å²) in [5.41, 5.74) is 2.71. The molecule has 4 aromatic rings. The fourth-order valence-electron chi connectivity index (χ4n) is 4.22. The second-order valence-corrected chi connectivity index (χ2v) is 7.98. The minimum atomic E-state index is -0.0319. The largest absolute Gasteiger partial charge is 0.322 e. The fraction of sp³-hybridized carbons (Fsp3) is 0.292. The SMILES string of the molecule is Cc1nc2cccnc2n1CCN1CCN(C(=O)Nc2ccc3ccccc3c2)CC1. The van der Waals surface area contributed by atoms with Gasteiger partial charge >= 0.3 is 6.03 Å². The summed E-state index contributed by atoms with van der Waals surface area (Å²) in [4.78, 5) is 26.1. The Kier molecular flexibility index (Phi) is 5.26. The molecule has 158 valence electrons. The van der Waals surface area contributed by atoms with Crippen molar-refractivity contribution in [1.29, 1.82) is 0 Å². The molecule has 0 unspecified atom stereocenters. The van der Waals surface area contributed by atoms with Crippen molar-refractivity contribution in [2.75, 3.05) is 38.0 Å². The van der Waals surface area contributed by atoms with Crippen molar-refractivity contribution in [3.8, 4) is 0 Å². The van der Waals surface area contributed by atoms with E-state index in [4.69, 9.17) is 0 Å². The number of amides is 2. The molecule has 31 heavy (non-hydrogen) atoms. The summed E-state index contributed by atoms with van der Waals surface area (Å²) >= 11 is 0. The Balaban J connectivity index is 1.15. The van der Waals surface area contributed by atoms with Crippen molar-refractivity contribution < 1.29 is 4.79 Å². The fourth-order valence-corrected chi connectivity index (χ4v) is 4.22. The van der Waals surface area contributed by atoms with Gasteiger partial charge in [-0.2, -0.15) is 0 Å². The molecule has 0 radical (unpaired) electrons. The number of urea groups is 1. The van der Waals surface area contributed by atoms with Gasteiger partial charge in [0.15, 0.2) is 5.65 Å². The summed E-state index contributed by atoms with van der Waals surface area (Å²) in [5, 5.41) is 5.35. The number of carbonyl (C=O) groups is 1. The third kappa shape index (κ3) is 4.09. The van der Waals surface area contributed by atoms with Gasteiger partial charge in [0, 0.05) is 51.2 Å². The van der Waals surface area contributed by atoms with E-state index in [9.17, 15) is 4.79 Å². The minimum absolute atomic E-state index is 0.0319. The van der Waals surface area contributed by atoms with Gasteiger partial charge in [-0.05, 0) is 42.0 Å². The number of pyridine rings is 1. The number of piperazine rings is 1. The van der Waals surface area contributed by atoms with Crippen LogP contribution in [0.1, 0.15) is 5.82 Å². The zero-order chi connectivity index (χ0) is 21.2. The molecular formula is C24H26N6O. The summed E-state index contributed by atoms with van der Waals surface area (Å²) in [5.74, 6) is 0.988. The second kappa shape index (κ2) is 8.35. The highest BCUT2D eigenvalue weighted by molar-refractivity contribution is 5.93. The number of carbonyl (C=O) groups excluding carboxylic acids is 1. The highest BCUT2D eigenvalue weighted by Crippen LogP contribution is 2.19. The van der Waals surface area contributed by atoms with Crippen LogP contribution in [-0.4, -0.2) is 63.1 Å². The van der Waals surface area contributed by atoms with E-state index in [1.807, 2.05) is 60.5 Å². The predicted molar refractivity (Wildman–Crippen MR) is 123 cm³/mol. The number of imidazole rings is 1. The number of nitrogens with one attached hydrogen (secondary N) is 1. The summed E-state index contributed by atoms with van der Waals surface area (Å²) < 4.78 is 2.17. The predicted octanol–water partition coefficient (Wildman–Crippen LogP) is 3.74. The Bertz CT molecular complexity index is 1230. The number of aromatic nitrogens is 3. The molecule has 1 fully saturated rings. The standard InChI is InChI=1S/C24H26N6O/c1-18-26-22-7-4-10-25-23(22)30(18)16-13-28-11-14-29(15-12-28)24(31)27-21-9-8-19-5-2-3-6-20(19)17-21/h2-10,17H,11-16H2,1H3,(H,27,31). The van der Waals surface area contributed by atoms with E-state index >= 15 is 0 Å². The highest BCUT2D eigenvalue weighted by atomic mass is 16.2. The lowest BCUT2D eigenvalue weighted by molar-refractivity contribution is 0.144. The quantitative estimate of drug-likeness (QED) is 0.552. The first-order valence-corrected chi connectivity index (χ1v) is 10.7. The van der Waals surface area contributed by atoms with Crippen LogP contribution in [-0.2, 0) is 6.54 Å². The number of fused-ring (bicyclic) bond motifs is 2. The van der Waals surface area contributed by atoms with Crippen molar-refractivity contribution in [3.05, 3.63) is 66.6 Å². The van der Waals surface area contributed by atoms with Crippen molar-refractivity contribution in [1.82, 2.24) is 24.3 Å². The number of rotatable bonds is 4. The van der Waals surface area contributed by atoms with Gasteiger partial charge in [0.05, 0.1) is 0 Å². The molecule has 1 saturated heterocycles. The smallest absolute Gasteiger partial charge is 0.321 e. The molecule has 1 aliphatic heterocycles.